The standard InChI is InChI=1S/C31H46ClNO7/c1-6-7-8-12-24(20-32)15-14-22(2)11-9-10-13-29(34)33-21-31(36)23(3)28(38-5)18-27(40-31)17-26-16-25(37-4)19-30(35)39-26/h1,9,11,19-20,22-23,26-28,36H,7-8,10,12-18,21H2,2-5H3,(H,33,34)/b11-9+,24-20-/t22-,23-,26-,27-,28+,31+/m0/s1. The second kappa shape index (κ2) is 17.5. The van der Waals surface area contributed by atoms with Gasteiger partial charge in [0.1, 0.15) is 11.9 Å². The lowest BCUT2D eigenvalue weighted by Crippen LogP contribution is -2.59. The number of carbonyl (C=O) groups is 2. The molecule has 0 spiro atoms. The number of aliphatic hydroxyl groups is 1. The van der Waals surface area contributed by atoms with Crippen molar-refractivity contribution in [1.82, 2.24) is 5.32 Å². The van der Waals surface area contributed by atoms with Crippen LogP contribution in [0.25, 0.3) is 0 Å². The van der Waals surface area contributed by atoms with Crippen LogP contribution in [-0.2, 0) is 28.5 Å². The van der Waals surface area contributed by atoms with Crippen molar-refractivity contribution in [3.8, 4) is 12.3 Å². The Kier molecular flexibility index (Phi) is 14.8. The number of methoxy groups -OCH3 is 2. The maximum atomic E-state index is 12.6. The van der Waals surface area contributed by atoms with Crippen molar-refractivity contribution in [3.05, 3.63) is 35.1 Å². The first kappa shape index (κ1) is 33.9. The zero-order valence-electron chi connectivity index (χ0n) is 24.3. The number of hydrogen-bond donors (Lipinski definition) is 2. The van der Waals surface area contributed by atoms with Crippen LogP contribution in [0, 0.1) is 24.2 Å². The van der Waals surface area contributed by atoms with Gasteiger partial charge in [0, 0.05) is 50.7 Å². The van der Waals surface area contributed by atoms with Gasteiger partial charge in [0.15, 0.2) is 5.79 Å². The molecular weight excluding hydrogens is 534 g/mol. The lowest BCUT2D eigenvalue weighted by atomic mass is 9.85. The highest BCUT2D eigenvalue weighted by atomic mass is 35.5. The number of ether oxygens (including phenoxy) is 4. The molecule has 2 aliphatic rings. The molecule has 2 heterocycles. The number of nitrogens with one attached hydrogen (secondary N) is 1. The van der Waals surface area contributed by atoms with E-state index in [2.05, 4.69) is 24.2 Å². The average Bonchev–Trinajstić information content (AvgIpc) is 2.93. The molecular formula is C31H46ClNO7. The van der Waals surface area contributed by atoms with E-state index in [1.165, 1.54) is 18.8 Å². The fraction of sp³-hybridized carbons (Fsp3) is 0.677. The zero-order chi connectivity index (χ0) is 29.5. The molecule has 2 rings (SSSR count). The molecule has 0 aromatic carbocycles. The van der Waals surface area contributed by atoms with E-state index in [0.717, 1.165) is 32.1 Å². The third kappa shape index (κ3) is 11.3. The second-order valence-electron chi connectivity index (χ2n) is 10.8. The number of hydrogen-bond acceptors (Lipinski definition) is 7. The smallest absolute Gasteiger partial charge is 0.334 e. The van der Waals surface area contributed by atoms with Crippen molar-refractivity contribution in [2.75, 3.05) is 20.8 Å². The minimum absolute atomic E-state index is 0.0651. The molecule has 0 aromatic rings. The molecule has 224 valence electrons. The Morgan fingerprint density at radius 3 is 2.80 bits per heavy atom. The Balaban J connectivity index is 1.80. The number of esters is 1. The van der Waals surface area contributed by atoms with E-state index in [1.807, 2.05) is 13.0 Å². The van der Waals surface area contributed by atoms with Crippen molar-refractivity contribution in [1.29, 1.82) is 0 Å². The molecule has 2 N–H and O–H groups in total. The van der Waals surface area contributed by atoms with Crippen LogP contribution in [0.15, 0.2) is 35.1 Å². The van der Waals surface area contributed by atoms with E-state index in [1.54, 1.807) is 12.6 Å². The van der Waals surface area contributed by atoms with E-state index in [9.17, 15) is 14.7 Å². The summed E-state index contributed by atoms with van der Waals surface area (Å²) in [5, 5.41) is 14.2. The van der Waals surface area contributed by atoms with Gasteiger partial charge in [-0.3, -0.25) is 4.79 Å². The molecule has 0 unspecified atom stereocenters. The minimum Gasteiger partial charge on any atom is -0.501 e. The molecule has 1 fully saturated rings. The largest absolute Gasteiger partial charge is 0.501 e. The van der Waals surface area contributed by atoms with Crippen molar-refractivity contribution < 1.29 is 33.6 Å². The third-order valence-corrected chi connectivity index (χ3v) is 7.96. The van der Waals surface area contributed by atoms with E-state index in [4.69, 9.17) is 37.0 Å². The number of cyclic esters (lactones) is 1. The number of unbranched alkanes of at least 4 members (excludes halogenated alkanes) is 1. The van der Waals surface area contributed by atoms with E-state index in [0.29, 0.717) is 43.8 Å². The second-order valence-corrected chi connectivity index (χ2v) is 11.0. The molecule has 8 nitrogen and oxygen atoms in total. The minimum atomic E-state index is -1.62. The van der Waals surface area contributed by atoms with Crippen molar-refractivity contribution in [2.45, 2.75) is 102 Å². The molecule has 40 heavy (non-hydrogen) atoms. The predicted octanol–water partition coefficient (Wildman–Crippen LogP) is 5.15. The number of terminal acetylenes is 1. The van der Waals surface area contributed by atoms with Gasteiger partial charge < -0.3 is 29.4 Å². The number of carbonyl (C=O) groups excluding carboxylic acids is 2. The van der Waals surface area contributed by atoms with Crippen molar-refractivity contribution >= 4 is 23.5 Å². The van der Waals surface area contributed by atoms with Gasteiger partial charge in [-0.15, -0.1) is 12.3 Å². The van der Waals surface area contributed by atoms with Crippen LogP contribution in [0.2, 0.25) is 0 Å². The first-order chi connectivity index (χ1) is 19.1. The van der Waals surface area contributed by atoms with Crippen LogP contribution in [0.3, 0.4) is 0 Å². The lowest BCUT2D eigenvalue weighted by Gasteiger charge is -2.46. The van der Waals surface area contributed by atoms with Gasteiger partial charge in [0.05, 0.1) is 31.9 Å². The molecule has 6 atom stereocenters. The Morgan fingerprint density at radius 2 is 2.12 bits per heavy atom. The normalized spacial score (nSPS) is 28.0. The number of halogens is 1. The zero-order valence-corrected chi connectivity index (χ0v) is 25.1. The maximum absolute atomic E-state index is 12.6. The van der Waals surface area contributed by atoms with Crippen LogP contribution >= 0.6 is 11.6 Å². The summed E-state index contributed by atoms with van der Waals surface area (Å²) < 4.78 is 22.4. The van der Waals surface area contributed by atoms with Gasteiger partial charge in [-0.25, -0.2) is 4.79 Å². The summed E-state index contributed by atoms with van der Waals surface area (Å²) in [7, 11) is 3.11. The Hall–Kier alpha value is -2.31. The molecule has 9 heteroatoms. The van der Waals surface area contributed by atoms with Gasteiger partial charge in [0.25, 0.3) is 0 Å². The molecule has 0 aliphatic carbocycles. The van der Waals surface area contributed by atoms with Crippen molar-refractivity contribution in [3.63, 3.8) is 0 Å². The van der Waals surface area contributed by atoms with Crippen LogP contribution in [-0.4, -0.2) is 61.8 Å². The van der Waals surface area contributed by atoms with Crippen LogP contribution in [0.1, 0.15) is 78.1 Å². The van der Waals surface area contributed by atoms with Crippen LogP contribution in [0.4, 0.5) is 0 Å². The highest BCUT2D eigenvalue weighted by Crippen LogP contribution is 2.36. The Morgan fingerprint density at radius 1 is 1.35 bits per heavy atom. The average molecular weight is 580 g/mol. The maximum Gasteiger partial charge on any atom is 0.334 e. The topological polar surface area (TPSA) is 103 Å². The summed E-state index contributed by atoms with van der Waals surface area (Å²) in [4.78, 5) is 24.4. The molecule has 2 aliphatic heterocycles. The van der Waals surface area contributed by atoms with E-state index >= 15 is 0 Å². The van der Waals surface area contributed by atoms with Crippen LogP contribution in [0.5, 0.6) is 0 Å². The number of rotatable bonds is 16. The summed E-state index contributed by atoms with van der Waals surface area (Å²) >= 11 is 5.95. The van der Waals surface area contributed by atoms with Gasteiger partial charge in [-0.1, -0.05) is 43.2 Å². The third-order valence-electron chi connectivity index (χ3n) is 7.65. The monoisotopic (exact) mass is 579 g/mol. The first-order valence-electron chi connectivity index (χ1n) is 14.2. The molecule has 0 saturated carbocycles. The molecule has 0 aromatic heterocycles. The van der Waals surface area contributed by atoms with Crippen LogP contribution < -0.4 is 5.32 Å². The number of allylic oxidation sites excluding steroid dienone is 3. The first-order valence-corrected chi connectivity index (χ1v) is 14.6. The fourth-order valence-electron chi connectivity index (χ4n) is 5.08. The van der Waals surface area contributed by atoms with Gasteiger partial charge >= 0.3 is 5.97 Å². The predicted molar refractivity (Wildman–Crippen MR) is 155 cm³/mol. The lowest BCUT2D eigenvalue weighted by molar-refractivity contribution is -0.303. The molecule has 1 saturated heterocycles. The number of amides is 1. The van der Waals surface area contributed by atoms with E-state index < -0.39 is 24.0 Å². The van der Waals surface area contributed by atoms with Gasteiger partial charge in [0.2, 0.25) is 5.91 Å². The Labute approximate surface area is 244 Å². The SMILES string of the molecule is C#CCCC/C(=C/Cl)CC[C@@H](C)/C=C/CCC(=O)NC[C@@]1(O)O[C@@H](C[C@@H]2CC(OC)=CC(=O)O2)C[C@@H](OC)[C@@H]1C. The van der Waals surface area contributed by atoms with Gasteiger partial charge in [-0.05, 0) is 38.0 Å². The molecule has 1 amide bonds. The molecule has 0 radical (unpaired) electrons. The summed E-state index contributed by atoms with van der Waals surface area (Å²) in [6.07, 6.45) is 16.4. The highest BCUT2D eigenvalue weighted by Gasteiger charge is 2.47. The summed E-state index contributed by atoms with van der Waals surface area (Å²) in [6, 6.07) is 0. The Bertz CT molecular complexity index is 956. The fourth-order valence-corrected chi connectivity index (χ4v) is 5.30. The summed E-state index contributed by atoms with van der Waals surface area (Å²) in [5.74, 6) is 0.940. The van der Waals surface area contributed by atoms with E-state index in [-0.39, 0.29) is 24.5 Å². The molecule has 0 bridgehead atoms. The highest BCUT2D eigenvalue weighted by molar-refractivity contribution is 6.25. The quantitative estimate of drug-likeness (QED) is 0.113. The van der Waals surface area contributed by atoms with Gasteiger partial charge in [-0.2, -0.15) is 0 Å². The van der Waals surface area contributed by atoms with Crippen molar-refractivity contribution in [2.24, 2.45) is 11.8 Å². The summed E-state index contributed by atoms with van der Waals surface area (Å²) in [6.45, 7) is 3.92. The summed E-state index contributed by atoms with van der Waals surface area (Å²) in [5.41, 5.74) is 2.88.